The number of esters is 1. The maximum absolute atomic E-state index is 11.8. The fourth-order valence-electron chi connectivity index (χ4n) is 1.87. The SMILES string of the molecule is O=C(O[C@@H]1CCO[C@@H](CO)C1)c1ccccc1. The fourth-order valence-corrected chi connectivity index (χ4v) is 1.87. The Bertz CT molecular complexity index is 363. The van der Waals surface area contributed by atoms with E-state index in [2.05, 4.69) is 0 Å². The summed E-state index contributed by atoms with van der Waals surface area (Å²) in [6, 6.07) is 8.91. The van der Waals surface area contributed by atoms with Crippen molar-refractivity contribution < 1.29 is 19.4 Å². The Hall–Kier alpha value is -1.39. The molecule has 92 valence electrons. The molecule has 0 radical (unpaired) electrons. The van der Waals surface area contributed by atoms with Crippen LogP contribution in [0.25, 0.3) is 0 Å². The molecule has 4 nitrogen and oxygen atoms in total. The highest BCUT2D eigenvalue weighted by Crippen LogP contribution is 2.18. The molecule has 0 spiro atoms. The van der Waals surface area contributed by atoms with Gasteiger partial charge in [0.05, 0.1) is 24.9 Å². The van der Waals surface area contributed by atoms with E-state index in [9.17, 15) is 4.79 Å². The van der Waals surface area contributed by atoms with Gasteiger partial charge in [0, 0.05) is 12.8 Å². The molecule has 1 heterocycles. The molecule has 0 amide bonds. The number of carbonyl (C=O) groups excluding carboxylic acids is 1. The fraction of sp³-hybridized carbons (Fsp3) is 0.462. The minimum absolute atomic E-state index is 0.0284. The third kappa shape index (κ3) is 3.28. The van der Waals surface area contributed by atoms with Gasteiger partial charge < -0.3 is 14.6 Å². The number of hydrogen-bond acceptors (Lipinski definition) is 4. The smallest absolute Gasteiger partial charge is 0.338 e. The number of aliphatic hydroxyl groups excluding tert-OH is 1. The summed E-state index contributed by atoms with van der Waals surface area (Å²) >= 11 is 0. The van der Waals surface area contributed by atoms with Crippen LogP contribution in [-0.2, 0) is 9.47 Å². The molecule has 17 heavy (non-hydrogen) atoms. The average Bonchev–Trinajstić information content (AvgIpc) is 2.40. The number of benzene rings is 1. The van der Waals surface area contributed by atoms with E-state index in [-0.39, 0.29) is 24.8 Å². The van der Waals surface area contributed by atoms with Crippen LogP contribution in [0.4, 0.5) is 0 Å². The van der Waals surface area contributed by atoms with E-state index >= 15 is 0 Å². The Morgan fingerprint density at radius 3 is 2.88 bits per heavy atom. The molecular weight excluding hydrogens is 220 g/mol. The monoisotopic (exact) mass is 236 g/mol. The zero-order chi connectivity index (χ0) is 12.1. The van der Waals surface area contributed by atoms with Crippen LogP contribution in [0.5, 0.6) is 0 Å². The lowest BCUT2D eigenvalue weighted by molar-refractivity contribution is -0.0719. The molecule has 2 rings (SSSR count). The lowest BCUT2D eigenvalue weighted by Crippen LogP contribution is -2.34. The van der Waals surface area contributed by atoms with E-state index in [1.54, 1.807) is 24.3 Å². The first-order valence-electron chi connectivity index (χ1n) is 5.78. The lowest BCUT2D eigenvalue weighted by Gasteiger charge is -2.28. The van der Waals surface area contributed by atoms with Crippen molar-refractivity contribution in [3.8, 4) is 0 Å². The molecule has 1 N–H and O–H groups in total. The van der Waals surface area contributed by atoms with Crippen LogP contribution < -0.4 is 0 Å². The zero-order valence-electron chi connectivity index (χ0n) is 9.54. The molecule has 1 aromatic rings. The number of aliphatic hydroxyl groups is 1. The highest BCUT2D eigenvalue weighted by molar-refractivity contribution is 5.89. The van der Waals surface area contributed by atoms with Gasteiger partial charge in [0.2, 0.25) is 0 Å². The standard InChI is InChI=1S/C13H16O4/c14-9-12-8-11(6-7-16-12)17-13(15)10-4-2-1-3-5-10/h1-5,11-12,14H,6-9H2/t11-,12-/m1/s1. The quantitative estimate of drug-likeness (QED) is 0.806. The molecule has 1 saturated heterocycles. The maximum atomic E-state index is 11.8. The van der Waals surface area contributed by atoms with Crippen LogP contribution in [-0.4, -0.2) is 36.5 Å². The summed E-state index contributed by atoms with van der Waals surface area (Å²) in [5.41, 5.74) is 0.555. The zero-order valence-corrected chi connectivity index (χ0v) is 9.54. The molecular formula is C13H16O4. The van der Waals surface area contributed by atoms with Crippen molar-refractivity contribution in [2.24, 2.45) is 0 Å². The second kappa shape index (κ2) is 5.80. The second-order valence-corrected chi connectivity index (χ2v) is 4.09. The minimum atomic E-state index is -0.311. The Morgan fingerprint density at radius 1 is 1.41 bits per heavy atom. The Morgan fingerprint density at radius 2 is 2.18 bits per heavy atom. The highest BCUT2D eigenvalue weighted by atomic mass is 16.6. The minimum Gasteiger partial charge on any atom is -0.459 e. The van der Waals surface area contributed by atoms with Gasteiger partial charge in [0.1, 0.15) is 6.10 Å². The van der Waals surface area contributed by atoms with Gasteiger partial charge in [-0.25, -0.2) is 4.79 Å². The van der Waals surface area contributed by atoms with Crippen LogP contribution in [0, 0.1) is 0 Å². The molecule has 0 aromatic heterocycles. The van der Waals surface area contributed by atoms with Gasteiger partial charge in [0.15, 0.2) is 0 Å². The van der Waals surface area contributed by atoms with Crippen molar-refractivity contribution in [1.29, 1.82) is 0 Å². The van der Waals surface area contributed by atoms with Crippen molar-refractivity contribution in [1.82, 2.24) is 0 Å². The number of ether oxygens (including phenoxy) is 2. The van der Waals surface area contributed by atoms with Crippen molar-refractivity contribution in [3.05, 3.63) is 35.9 Å². The third-order valence-electron chi connectivity index (χ3n) is 2.81. The van der Waals surface area contributed by atoms with E-state index in [0.717, 1.165) is 0 Å². The van der Waals surface area contributed by atoms with Gasteiger partial charge in [-0.15, -0.1) is 0 Å². The number of rotatable bonds is 3. The maximum Gasteiger partial charge on any atom is 0.338 e. The molecule has 0 saturated carbocycles. The van der Waals surface area contributed by atoms with Crippen molar-refractivity contribution >= 4 is 5.97 Å². The molecule has 0 bridgehead atoms. The van der Waals surface area contributed by atoms with Gasteiger partial charge in [-0.1, -0.05) is 18.2 Å². The van der Waals surface area contributed by atoms with Crippen molar-refractivity contribution in [2.45, 2.75) is 25.0 Å². The first kappa shape index (κ1) is 12.1. The summed E-state index contributed by atoms with van der Waals surface area (Å²) in [6.07, 6.45) is 0.885. The van der Waals surface area contributed by atoms with E-state index in [4.69, 9.17) is 14.6 Å². The Kier molecular flexibility index (Phi) is 4.12. The Labute approximate surface area is 100 Å². The third-order valence-corrected chi connectivity index (χ3v) is 2.81. The summed E-state index contributed by atoms with van der Waals surface area (Å²) in [4.78, 5) is 11.8. The van der Waals surface area contributed by atoms with Gasteiger partial charge in [-0.2, -0.15) is 0 Å². The van der Waals surface area contributed by atoms with Crippen LogP contribution in [0.1, 0.15) is 23.2 Å². The highest BCUT2D eigenvalue weighted by Gasteiger charge is 2.25. The van der Waals surface area contributed by atoms with E-state index in [1.807, 2.05) is 6.07 Å². The predicted molar refractivity (Wildman–Crippen MR) is 61.7 cm³/mol. The summed E-state index contributed by atoms with van der Waals surface area (Å²) in [6.45, 7) is 0.497. The summed E-state index contributed by atoms with van der Waals surface area (Å²) in [5, 5.41) is 8.99. The average molecular weight is 236 g/mol. The number of carbonyl (C=O) groups is 1. The van der Waals surface area contributed by atoms with E-state index < -0.39 is 0 Å². The van der Waals surface area contributed by atoms with Crippen LogP contribution in [0.2, 0.25) is 0 Å². The van der Waals surface area contributed by atoms with Gasteiger partial charge in [0.25, 0.3) is 0 Å². The predicted octanol–water partition coefficient (Wildman–Crippen LogP) is 1.38. The molecule has 0 aliphatic carbocycles. The molecule has 1 aliphatic rings. The van der Waals surface area contributed by atoms with E-state index in [0.29, 0.717) is 25.0 Å². The van der Waals surface area contributed by atoms with Crippen molar-refractivity contribution in [2.75, 3.05) is 13.2 Å². The first-order valence-corrected chi connectivity index (χ1v) is 5.78. The van der Waals surface area contributed by atoms with Gasteiger partial charge in [-0.05, 0) is 12.1 Å². The summed E-state index contributed by atoms with van der Waals surface area (Å²) in [7, 11) is 0. The van der Waals surface area contributed by atoms with E-state index in [1.165, 1.54) is 0 Å². The van der Waals surface area contributed by atoms with Gasteiger partial charge in [-0.3, -0.25) is 0 Å². The van der Waals surface area contributed by atoms with Crippen molar-refractivity contribution in [3.63, 3.8) is 0 Å². The van der Waals surface area contributed by atoms with Crippen LogP contribution in [0.3, 0.4) is 0 Å². The topological polar surface area (TPSA) is 55.8 Å². The second-order valence-electron chi connectivity index (χ2n) is 4.09. The number of hydrogen-bond donors (Lipinski definition) is 1. The Balaban J connectivity index is 1.90. The first-order chi connectivity index (χ1) is 8.29. The molecule has 1 aromatic carbocycles. The molecule has 0 unspecified atom stereocenters. The lowest BCUT2D eigenvalue weighted by atomic mass is 10.1. The van der Waals surface area contributed by atoms with Gasteiger partial charge >= 0.3 is 5.97 Å². The van der Waals surface area contributed by atoms with Crippen LogP contribution in [0.15, 0.2) is 30.3 Å². The summed E-state index contributed by atoms with van der Waals surface area (Å²) in [5.74, 6) is -0.311. The normalized spacial score (nSPS) is 24.3. The molecule has 1 aliphatic heterocycles. The molecule has 4 heteroatoms. The van der Waals surface area contributed by atoms with Crippen LogP contribution >= 0.6 is 0 Å². The largest absolute Gasteiger partial charge is 0.459 e. The molecule has 2 atom stereocenters. The summed E-state index contributed by atoms with van der Waals surface area (Å²) < 4.78 is 10.7. The molecule has 1 fully saturated rings.